The van der Waals surface area contributed by atoms with E-state index in [4.69, 9.17) is 4.98 Å². The van der Waals surface area contributed by atoms with E-state index in [9.17, 15) is 13.2 Å². The number of nitrogens with zero attached hydrogens (tertiary/aromatic N) is 3. The molecule has 0 radical (unpaired) electrons. The van der Waals surface area contributed by atoms with Gasteiger partial charge in [-0.3, -0.25) is 14.0 Å². The molecule has 8 heteroatoms. The summed E-state index contributed by atoms with van der Waals surface area (Å²) in [7, 11) is -2.19. The van der Waals surface area contributed by atoms with Crippen molar-refractivity contribution in [3.8, 4) is 0 Å². The fourth-order valence-electron chi connectivity index (χ4n) is 3.81. The number of rotatable bonds is 7. The number of hydrogen-bond donors (Lipinski definition) is 0. The normalized spacial score (nSPS) is 13.3. The lowest BCUT2D eigenvalue weighted by Crippen LogP contribution is -2.31. The van der Waals surface area contributed by atoms with Gasteiger partial charge in [0, 0.05) is 24.0 Å². The van der Waals surface area contributed by atoms with Gasteiger partial charge in [0.25, 0.3) is 15.9 Å². The highest BCUT2D eigenvalue weighted by Gasteiger charge is 2.25. The maximum atomic E-state index is 13.3. The average Bonchev–Trinajstić information content (AvgIpc) is 3.26. The maximum Gasteiger partial charge on any atom is 0.264 e. The highest BCUT2D eigenvalue weighted by atomic mass is 32.2. The summed E-state index contributed by atoms with van der Waals surface area (Å²) in [6.45, 7) is 6.06. The van der Waals surface area contributed by atoms with Gasteiger partial charge in [0.1, 0.15) is 0 Å². The second kappa shape index (κ2) is 9.49. The molecule has 0 bridgehead atoms. The van der Waals surface area contributed by atoms with Crippen LogP contribution in [0.3, 0.4) is 0 Å². The monoisotopic (exact) mass is 481 g/mol. The van der Waals surface area contributed by atoms with Gasteiger partial charge in [0.15, 0.2) is 5.13 Å². The van der Waals surface area contributed by atoms with Gasteiger partial charge in [0.2, 0.25) is 0 Å². The molecule has 0 N–H and O–H groups in total. The molecule has 172 valence electrons. The third kappa shape index (κ3) is 4.72. The van der Waals surface area contributed by atoms with Gasteiger partial charge in [-0.25, -0.2) is 13.4 Å². The van der Waals surface area contributed by atoms with Crippen LogP contribution in [0.1, 0.15) is 39.3 Å². The summed E-state index contributed by atoms with van der Waals surface area (Å²) in [6, 6.07) is 13.3. The van der Waals surface area contributed by atoms with Crippen LogP contribution in [-0.4, -0.2) is 32.9 Å². The van der Waals surface area contributed by atoms with Crippen LogP contribution in [0, 0.1) is 6.92 Å². The zero-order chi connectivity index (χ0) is 23.6. The predicted molar refractivity (Wildman–Crippen MR) is 134 cm³/mol. The number of carbonyl (C=O) groups is 1. The number of anilines is 2. The lowest BCUT2D eigenvalue weighted by Gasteiger charge is -2.21. The topological polar surface area (TPSA) is 70.6 Å². The predicted octanol–water partition coefficient (Wildman–Crippen LogP) is 4.99. The minimum absolute atomic E-state index is 0.184. The molecule has 33 heavy (non-hydrogen) atoms. The van der Waals surface area contributed by atoms with E-state index in [0.717, 1.165) is 36.9 Å². The molecule has 1 amide bonds. The Kier molecular flexibility index (Phi) is 6.67. The van der Waals surface area contributed by atoms with Gasteiger partial charge < -0.3 is 0 Å². The minimum Gasteiger partial charge on any atom is -0.280 e. The van der Waals surface area contributed by atoms with Crippen LogP contribution < -0.4 is 9.21 Å². The fraction of sp³-hybridized carbons (Fsp3) is 0.280. The summed E-state index contributed by atoms with van der Waals surface area (Å²) in [4.78, 5) is 21.1. The second-order valence-corrected chi connectivity index (χ2v) is 11.1. The molecule has 1 aliphatic rings. The molecule has 0 spiro atoms. The summed E-state index contributed by atoms with van der Waals surface area (Å²) >= 11 is 1.58. The third-order valence-corrected chi connectivity index (χ3v) is 8.76. The first-order chi connectivity index (χ1) is 15.8. The number of benzene rings is 2. The average molecular weight is 482 g/mol. The quantitative estimate of drug-likeness (QED) is 0.446. The number of carbonyl (C=O) groups excluding carboxylic acids is 1. The van der Waals surface area contributed by atoms with E-state index in [2.05, 4.69) is 6.58 Å². The number of aromatic nitrogens is 1. The van der Waals surface area contributed by atoms with Crippen molar-refractivity contribution >= 4 is 38.1 Å². The Morgan fingerprint density at radius 2 is 1.76 bits per heavy atom. The van der Waals surface area contributed by atoms with Crippen LogP contribution in [0.2, 0.25) is 0 Å². The van der Waals surface area contributed by atoms with Crippen LogP contribution in [0.15, 0.2) is 66.1 Å². The number of thiazole rings is 1. The summed E-state index contributed by atoms with van der Waals surface area (Å²) < 4.78 is 27.2. The van der Waals surface area contributed by atoms with Crippen molar-refractivity contribution in [2.45, 2.75) is 37.5 Å². The SMILES string of the molecule is C=CCN(C(=O)c1ccc(N(C)S(=O)(=O)c2ccc(C)cc2)cc1)c1nc2c(s1)CCCC2. The van der Waals surface area contributed by atoms with Gasteiger partial charge >= 0.3 is 0 Å². The Bertz CT molecular complexity index is 1240. The number of aryl methyl sites for hydroxylation is 3. The first-order valence-corrected chi connectivity index (χ1v) is 13.1. The highest BCUT2D eigenvalue weighted by molar-refractivity contribution is 7.92. The van der Waals surface area contributed by atoms with Crippen molar-refractivity contribution in [2.24, 2.45) is 0 Å². The number of amides is 1. The molecule has 3 aromatic rings. The Labute approximate surface area is 199 Å². The smallest absolute Gasteiger partial charge is 0.264 e. The van der Waals surface area contributed by atoms with E-state index in [-0.39, 0.29) is 10.8 Å². The molecule has 1 aliphatic carbocycles. The molecule has 0 unspecified atom stereocenters. The zero-order valence-electron chi connectivity index (χ0n) is 18.8. The van der Waals surface area contributed by atoms with Gasteiger partial charge in [-0.1, -0.05) is 23.8 Å². The minimum atomic E-state index is -3.70. The highest BCUT2D eigenvalue weighted by Crippen LogP contribution is 2.32. The van der Waals surface area contributed by atoms with Crippen LogP contribution in [0.5, 0.6) is 0 Å². The molecular weight excluding hydrogens is 454 g/mol. The van der Waals surface area contributed by atoms with E-state index >= 15 is 0 Å². The lowest BCUT2D eigenvalue weighted by molar-refractivity contribution is 0.0989. The largest absolute Gasteiger partial charge is 0.280 e. The van der Waals surface area contributed by atoms with E-state index < -0.39 is 10.0 Å². The van der Waals surface area contributed by atoms with E-state index in [0.29, 0.717) is 22.9 Å². The summed E-state index contributed by atoms with van der Waals surface area (Å²) in [5.41, 5.74) is 3.04. The number of hydrogen-bond acceptors (Lipinski definition) is 5. The molecule has 0 saturated carbocycles. The van der Waals surface area contributed by atoms with E-state index in [1.807, 2.05) is 6.92 Å². The Morgan fingerprint density at radius 1 is 1.09 bits per heavy atom. The van der Waals surface area contributed by atoms with E-state index in [1.54, 1.807) is 70.8 Å². The zero-order valence-corrected chi connectivity index (χ0v) is 20.5. The third-order valence-electron chi connectivity index (χ3n) is 5.78. The van der Waals surface area contributed by atoms with E-state index in [1.165, 1.54) is 16.2 Å². The van der Waals surface area contributed by atoms with Crippen LogP contribution >= 0.6 is 11.3 Å². The van der Waals surface area contributed by atoms with Crippen molar-refractivity contribution in [1.82, 2.24) is 4.98 Å². The summed E-state index contributed by atoms with van der Waals surface area (Å²) in [5.74, 6) is -0.184. The van der Waals surface area contributed by atoms with Gasteiger partial charge in [0.05, 0.1) is 16.3 Å². The van der Waals surface area contributed by atoms with Crippen molar-refractivity contribution < 1.29 is 13.2 Å². The molecule has 4 rings (SSSR count). The summed E-state index contributed by atoms with van der Waals surface area (Å²) in [6.07, 6.45) is 5.95. The molecule has 0 fully saturated rings. The van der Waals surface area contributed by atoms with Crippen molar-refractivity contribution in [2.75, 3.05) is 22.8 Å². The van der Waals surface area contributed by atoms with Gasteiger partial charge in [-0.15, -0.1) is 17.9 Å². The van der Waals surface area contributed by atoms with Crippen LogP contribution in [0.4, 0.5) is 10.8 Å². The fourth-order valence-corrected chi connectivity index (χ4v) is 6.16. The van der Waals surface area contributed by atoms with Gasteiger partial charge in [-0.05, 0) is 69.0 Å². The first kappa shape index (κ1) is 23.2. The van der Waals surface area contributed by atoms with Crippen molar-refractivity contribution in [3.05, 3.63) is 82.9 Å². The molecular formula is C25H27N3O3S2. The van der Waals surface area contributed by atoms with Crippen molar-refractivity contribution in [1.29, 1.82) is 0 Å². The lowest BCUT2D eigenvalue weighted by atomic mass is 10.0. The van der Waals surface area contributed by atoms with Crippen molar-refractivity contribution in [3.63, 3.8) is 0 Å². The molecule has 1 aromatic heterocycles. The maximum absolute atomic E-state index is 13.3. The van der Waals surface area contributed by atoms with Gasteiger partial charge in [-0.2, -0.15) is 0 Å². The van der Waals surface area contributed by atoms with Crippen LogP contribution in [0.25, 0.3) is 0 Å². The molecule has 1 heterocycles. The molecule has 2 aromatic carbocycles. The number of sulfonamides is 1. The first-order valence-electron chi connectivity index (χ1n) is 10.9. The summed E-state index contributed by atoms with van der Waals surface area (Å²) in [5, 5.41) is 0.690. The molecule has 6 nitrogen and oxygen atoms in total. The Morgan fingerprint density at radius 3 is 2.39 bits per heavy atom. The molecule has 0 aliphatic heterocycles. The standard InChI is InChI=1S/C25H27N3O3S2/c1-4-17-28(25-26-22-7-5-6-8-23(22)32-25)24(29)19-11-13-20(14-12-19)27(3)33(30,31)21-15-9-18(2)10-16-21/h4,9-16H,1,5-8,17H2,2-3H3. The Balaban J connectivity index is 1.57. The van der Waals surface area contributed by atoms with Crippen LogP contribution in [-0.2, 0) is 22.9 Å². The second-order valence-electron chi connectivity index (χ2n) is 8.11. The molecule has 0 atom stereocenters. The Hall–Kier alpha value is -2.97. The molecule has 0 saturated heterocycles. The number of fused-ring (bicyclic) bond motifs is 1.